The second kappa shape index (κ2) is 3.47. The summed E-state index contributed by atoms with van der Waals surface area (Å²) in [7, 11) is 0. The van der Waals surface area contributed by atoms with Crippen molar-refractivity contribution in [3.8, 4) is 10.7 Å². The number of nitrogens with zero attached hydrogens (tertiary/aromatic N) is 2. The standard InChI is InChI=1S/C13H6N4OS/c14-5-6-9-10(6)16-13(18)17-11(9)12-15-7-3-1-2-4-8(7)19-12/h1-4,14H,(H,16,17,18). The van der Waals surface area contributed by atoms with E-state index < -0.39 is 5.69 Å². The quantitative estimate of drug-likeness (QED) is 0.517. The lowest BCUT2D eigenvalue weighted by atomic mass is 10.3. The van der Waals surface area contributed by atoms with E-state index in [9.17, 15) is 4.79 Å². The summed E-state index contributed by atoms with van der Waals surface area (Å²) in [5, 5.41) is 7.92. The molecule has 0 atom stereocenters. The fraction of sp³-hybridized carbons (Fsp3) is 0. The first-order valence-electron chi connectivity index (χ1n) is 5.58. The van der Waals surface area contributed by atoms with Gasteiger partial charge in [-0.25, -0.2) is 9.78 Å². The lowest BCUT2D eigenvalue weighted by Gasteiger charge is -1.91. The van der Waals surface area contributed by atoms with Gasteiger partial charge in [-0.15, -0.1) is 11.3 Å². The molecule has 2 aromatic heterocycles. The summed E-state index contributed by atoms with van der Waals surface area (Å²) in [6.45, 7) is 0. The van der Waals surface area contributed by atoms with Crippen LogP contribution >= 0.6 is 11.3 Å². The van der Waals surface area contributed by atoms with Crippen LogP contribution in [0.5, 0.6) is 0 Å². The molecule has 2 heterocycles. The highest BCUT2D eigenvalue weighted by Gasteiger charge is 2.34. The van der Waals surface area contributed by atoms with E-state index in [2.05, 4.69) is 20.8 Å². The summed E-state index contributed by atoms with van der Waals surface area (Å²) < 4.78 is 1.06. The molecule has 1 aliphatic carbocycles. The third-order valence-electron chi connectivity index (χ3n) is 2.99. The summed E-state index contributed by atoms with van der Waals surface area (Å²) >= 11 is 1.51. The number of aromatic nitrogens is 3. The molecule has 0 bridgehead atoms. The molecule has 0 aliphatic heterocycles. The van der Waals surface area contributed by atoms with Crippen molar-refractivity contribution >= 4 is 33.0 Å². The van der Waals surface area contributed by atoms with E-state index in [1.54, 1.807) is 0 Å². The van der Waals surface area contributed by atoms with Gasteiger partial charge >= 0.3 is 5.69 Å². The first-order valence-corrected chi connectivity index (χ1v) is 6.40. The van der Waals surface area contributed by atoms with Gasteiger partial charge < -0.3 is 4.98 Å². The lowest BCUT2D eigenvalue weighted by molar-refractivity contribution is 1.09. The Bertz CT molecular complexity index is 914. The summed E-state index contributed by atoms with van der Waals surface area (Å²) in [5.74, 6) is 2.30. The van der Waals surface area contributed by atoms with E-state index in [1.807, 2.05) is 24.3 Å². The van der Waals surface area contributed by atoms with E-state index in [4.69, 9.17) is 5.41 Å². The second-order valence-corrected chi connectivity index (χ2v) is 5.16. The van der Waals surface area contributed by atoms with E-state index in [0.717, 1.165) is 20.8 Å². The van der Waals surface area contributed by atoms with E-state index in [1.165, 1.54) is 11.3 Å². The first-order chi connectivity index (χ1) is 9.28. The smallest absolute Gasteiger partial charge is 0.303 e. The monoisotopic (exact) mass is 266 g/mol. The molecule has 0 saturated carbocycles. The molecule has 0 saturated heterocycles. The Kier molecular flexibility index (Phi) is 1.90. The van der Waals surface area contributed by atoms with Crippen molar-refractivity contribution in [1.29, 1.82) is 5.41 Å². The van der Waals surface area contributed by atoms with Crippen molar-refractivity contribution in [2.75, 3.05) is 0 Å². The largest absolute Gasteiger partial charge is 0.346 e. The van der Waals surface area contributed by atoms with Gasteiger partial charge in [0.2, 0.25) is 0 Å². The molecule has 0 fully saturated rings. The van der Waals surface area contributed by atoms with E-state index in [-0.39, 0.29) is 0 Å². The molecule has 0 spiro atoms. The van der Waals surface area contributed by atoms with Crippen LogP contribution in [0.15, 0.2) is 29.1 Å². The number of nitrogens with one attached hydrogen (secondary N) is 2. The zero-order chi connectivity index (χ0) is 13.0. The zero-order valence-electron chi connectivity index (χ0n) is 9.52. The molecule has 1 aromatic carbocycles. The van der Waals surface area contributed by atoms with Crippen molar-refractivity contribution < 1.29 is 0 Å². The minimum Gasteiger partial charge on any atom is -0.303 e. The van der Waals surface area contributed by atoms with Crippen LogP contribution in [0, 0.1) is 5.41 Å². The third kappa shape index (κ3) is 1.41. The number of fused-ring (bicyclic) bond motifs is 2. The normalized spacial score (nSPS) is 12.3. The Balaban J connectivity index is 2.02. The molecule has 1 aliphatic rings. The van der Waals surface area contributed by atoms with Crippen molar-refractivity contribution in [1.82, 2.24) is 15.0 Å². The number of hydrogen-bond acceptors (Lipinski definition) is 5. The topological polar surface area (TPSA) is 82.5 Å². The van der Waals surface area contributed by atoms with Gasteiger partial charge in [0.1, 0.15) is 5.01 Å². The van der Waals surface area contributed by atoms with Crippen molar-refractivity contribution in [2.45, 2.75) is 0 Å². The highest BCUT2D eigenvalue weighted by molar-refractivity contribution is 7.21. The highest BCUT2D eigenvalue weighted by atomic mass is 32.1. The zero-order valence-corrected chi connectivity index (χ0v) is 10.3. The lowest BCUT2D eigenvalue weighted by Crippen LogP contribution is -2.09. The molecule has 90 valence electrons. The Hall–Kier alpha value is -2.56. The Morgan fingerprint density at radius 3 is 2.89 bits per heavy atom. The molecule has 5 nitrogen and oxygen atoms in total. The fourth-order valence-corrected chi connectivity index (χ4v) is 3.07. The van der Waals surface area contributed by atoms with E-state index in [0.29, 0.717) is 17.0 Å². The average Bonchev–Trinajstić information content (AvgIpc) is 2.94. The van der Waals surface area contributed by atoms with Crippen LogP contribution in [0.1, 0.15) is 11.3 Å². The minimum atomic E-state index is -0.418. The van der Waals surface area contributed by atoms with Gasteiger partial charge in [0.15, 0.2) is 0 Å². The van der Waals surface area contributed by atoms with Gasteiger partial charge in [-0.3, -0.25) is 5.41 Å². The molecular weight excluding hydrogens is 260 g/mol. The van der Waals surface area contributed by atoms with Crippen molar-refractivity contribution in [3.63, 3.8) is 0 Å². The highest BCUT2D eigenvalue weighted by Crippen LogP contribution is 2.44. The van der Waals surface area contributed by atoms with Gasteiger partial charge in [-0.05, 0) is 18.0 Å². The SMILES string of the molecule is N=C=C1c2nc(=O)[nH]c(-c3nc4ccccc4s3)c21. The Labute approximate surface area is 110 Å². The van der Waals surface area contributed by atoms with Gasteiger partial charge in [0.25, 0.3) is 0 Å². The van der Waals surface area contributed by atoms with Crippen molar-refractivity contribution in [3.05, 3.63) is 46.0 Å². The number of hydrogen-bond donors (Lipinski definition) is 2. The Morgan fingerprint density at radius 1 is 1.26 bits per heavy atom. The maximum absolute atomic E-state index is 11.5. The van der Waals surface area contributed by atoms with Crippen LogP contribution in [-0.2, 0) is 0 Å². The molecule has 0 unspecified atom stereocenters. The molecule has 19 heavy (non-hydrogen) atoms. The maximum Gasteiger partial charge on any atom is 0.346 e. The molecule has 3 aromatic rings. The van der Waals surface area contributed by atoms with Gasteiger partial charge in [0, 0.05) is 5.56 Å². The third-order valence-corrected chi connectivity index (χ3v) is 4.04. The molecule has 0 radical (unpaired) electrons. The van der Waals surface area contributed by atoms with Crippen LogP contribution in [-0.4, -0.2) is 20.8 Å². The summed E-state index contributed by atoms with van der Waals surface area (Å²) in [6, 6.07) is 7.80. The number of aromatic amines is 1. The molecule has 2 N–H and O–H groups in total. The minimum absolute atomic E-state index is 0.418. The van der Waals surface area contributed by atoms with E-state index >= 15 is 0 Å². The number of para-hydroxylation sites is 1. The van der Waals surface area contributed by atoms with Gasteiger partial charge in [0.05, 0.1) is 27.2 Å². The number of benzene rings is 1. The van der Waals surface area contributed by atoms with Crippen LogP contribution in [0.4, 0.5) is 0 Å². The molecule has 0 amide bonds. The number of H-pyrrole nitrogens is 1. The summed E-state index contributed by atoms with van der Waals surface area (Å²) in [4.78, 5) is 22.5. The second-order valence-electron chi connectivity index (χ2n) is 4.13. The summed E-state index contributed by atoms with van der Waals surface area (Å²) in [5.41, 5.74) is 3.06. The molecular formula is C13H6N4OS. The van der Waals surface area contributed by atoms with Crippen LogP contribution in [0.3, 0.4) is 0 Å². The predicted octanol–water partition coefficient (Wildman–Crippen LogP) is 2.04. The van der Waals surface area contributed by atoms with Crippen LogP contribution in [0.2, 0.25) is 0 Å². The molecule has 6 heteroatoms. The van der Waals surface area contributed by atoms with Crippen LogP contribution in [0.25, 0.3) is 26.5 Å². The number of rotatable bonds is 1. The maximum atomic E-state index is 11.5. The summed E-state index contributed by atoms with van der Waals surface area (Å²) in [6.07, 6.45) is 0. The molecule has 4 rings (SSSR count). The Morgan fingerprint density at radius 2 is 2.11 bits per heavy atom. The first kappa shape index (κ1) is 10.4. The fourth-order valence-electron chi connectivity index (χ4n) is 2.09. The average molecular weight is 266 g/mol. The van der Waals surface area contributed by atoms with Gasteiger partial charge in [-0.1, -0.05) is 12.1 Å². The number of thiazole rings is 1. The van der Waals surface area contributed by atoms with Gasteiger partial charge in [-0.2, -0.15) is 4.98 Å². The van der Waals surface area contributed by atoms with Crippen molar-refractivity contribution in [2.24, 2.45) is 0 Å². The van der Waals surface area contributed by atoms with Crippen LogP contribution < -0.4 is 5.69 Å². The predicted molar refractivity (Wildman–Crippen MR) is 73.7 cm³/mol.